The van der Waals surface area contributed by atoms with Gasteiger partial charge in [-0.3, -0.25) is 0 Å². The van der Waals surface area contributed by atoms with E-state index in [1.807, 2.05) is 0 Å². The molecule has 1 amide bonds. The van der Waals surface area contributed by atoms with Crippen molar-refractivity contribution in [3.8, 4) is 5.82 Å². The van der Waals surface area contributed by atoms with Crippen LogP contribution in [0.2, 0.25) is 0 Å². The Morgan fingerprint density at radius 1 is 1.52 bits per heavy atom. The van der Waals surface area contributed by atoms with E-state index >= 15 is 0 Å². The van der Waals surface area contributed by atoms with Crippen molar-refractivity contribution >= 4 is 22.0 Å². The molecule has 0 radical (unpaired) electrons. The molecule has 10 heteroatoms. The summed E-state index contributed by atoms with van der Waals surface area (Å²) in [4.78, 5) is 27.1. The molecule has 0 aliphatic carbocycles. The number of aryl methyl sites for hydroxylation is 1. The fourth-order valence-corrected chi connectivity index (χ4v) is 2.10. The van der Waals surface area contributed by atoms with Crippen molar-refractivity contribution in [3.05, 3.63) is 51.0 Å². The van der Waals surface area contributed by atoms with Crippen molar-refractivity contribution in [1.29, 1.82) is 0 Å². The number of pyridine rings is 1. The second kappa shape index (κ2) is 7.18. The molecule has 2 aromatic heterocycles. The van der Waals surface area contributed by atoms with Crippen molar-refractivity contribution in [3.63, 3.8) is 0 Å². The summed E-state index contributed by atoms with van der Waals surface area (Å²) < 4.78 is 20.1. The fraction of sp³-hybridized carbons (Fsp3) is 0.231. The van der Waals surface area contributed by atoms with Crippen molar-refractivity contribution in [2.45, 2.75) is 13.5 Å². The average molecular weight is 386 g/mol. The Morgan fingerprint density at radius 3 is 2.91 bits per heavy atom. The lowest BCUT2D eigenvalue weighted by Crippen LogP contribution is -2.26. The fourth-order valence-electron chi connectivity index (χ4n) is 1.80. The van der Waals surface area contributed by atoms with Gasteiger partial charge in [0.2, 0.25) is 0 Å². The molecular formula is C13H13BrFN5O3. The SMILES string of the molecule is Cc1ccc(Br)nc1-n1cnn(C/C(=C/F)COC(N)=O)c1=O. The maximum absolute atomic E-state index is 12.8. The molecule has 0 fully saturated rings. The van der Waals surface area contributed by atoms with Crippen LogP contribution in [0.15, 0.2) is 39.8 Å². The lowest BCUT2D eigenvalue weighted by molar-refractivity contribution is 0.164. The van der Waals surface area contributed by atoms with Gasteiger partial charge in [0.05, 0.1) is 12.9 Å². The third kappa shape index (κ3) is 4.03. The summed E-state index contributed by atoms with van der Waals surface area (Å²) >= 11 is 3.24. The second-order valence-corrected chi connectivity index (χ2v) is 5.40. The number of ether oxygens (including phenoxy) is 1. The van der Waals surface area contributed by atoms with Crippen LogP contribution in [0.4, 0.5) is 9.18 Å². The maximum atomic E-state index is 12.8. The van der Waals surface area contributed by atoms with Crippen LogP contribution in [0, 0.1) is 6.92 Å². The molecule has 2 heterocycles. The van der Waals surface area contributed by atoms with Gasteiger partial charge in [-0.2, -0.15) is 5.10 Å². The molecule has 2 rings (SSSR count). The highest BCUT2D eigenvalue weighted by atomic mass is 79.9. The largest absolute Gasteiger partial charge is 0.445 e. The van der Waals surface area contributed by atoms with Crippen LogP contribution < -0.4 is 11.4 Å². The van der Waals surface area contributed by atoms with E-state index in [-0.39, 0.29) is 25.1 Å². The van der Waals surface area contributed by atoms with E-state index in [0.29, 0.717) is 10.4 Å². The molecule has 0 spiro atoms. The van der Waals surface area contributed by atoms with E-state index in [0.717, 1.165) is 10.2 Å². The number of hydrogen-bond donors (Lipinski definition) is 1. The minimum atomic E-state index is -1.03. The lowest BCUT2D eigenvalue weighted by Gasteiger charge is -2.06. The summed E-state index contributed by atoms with van der Waals surface area (Å²) in [6, 6.07) is 3.54. The van der Waals surface area contributed by atoms with Crippen molar-refractivity contribution in [1.82, 2.24) is 19.3 Å². The number of primary amides is 1. The first kappa shape index (κ1) is 16.9. The molecule has 0 unspecified atom stereocenters. The third-order valence-corrected chi connectivity index (χ3v) is 3.35. The standard InChI is InChI=1S/C13H13BrFN5O3/c1-8-2-3-10(14)18-11(8)19-7-17-20(13(19)22)5-9(4-15)6-23-12(16)21/h2-4,7H,5-6H2,1H3,(H2,16,21)/b9-4-. The Bertz CT molecular complexity index is 814. The zero-order chi connectivity index (χ0) is 17.0. The van der Waals surface area contributed by atoms with Crippen LogP contribution in [0.25, 0.3) is 5.82 Å². The molecular weight excluding hydrogens is 373 g/mol. The molecule has 0 saturated heterocycles. The Labute approximate surface area is 138 Å². The maximum Gasteiger partial charge on any atom is 0.404 e. The normalized spacial score (nSPS) is 11.5. The van der Waals surface area contributed by atoms with Crippen LogP contribution in [0.5, 0.6) is 0 Å². The van der Waals surface area contributed by atoms with Crippen LogP contribution >= 0.6 is 15.9 Å². The van der Waals surface area contributed by atoms with Crippen LogP contribution in [-0.2, 0) is 11.3 Å². The van der Waals surface area contributed by atoms with Gasteiger partial charge in [-0.25, -0.2) is 28.2 Å². The van der Waals surface area contributed by atoms with Crippen LogP contribution in [0.1, 0.15) is 5.56 Å². The molecule has 0 bridgehead atoms. The zero-order valence-corrected chi connectivity index (χ0v) is 13.7. The minimum Gasteiger partial charge on any atom is -0.445 e. The topological polar surface area (TPSA) is 105 Å². The first-order chi connectivity index (χ1) is 10.9. The molecule has 0 aromatic carbocycles. The van der Waals surface area contributed by atoms with Gasteiger partial charge in [-0.15, -0.1) is 0 Å². The van der Waals surface area contributed by atoms with Crippen molar-refractivity contribution in [2.24, 2.45) is 5.73 Å². The van der Waals surface area contributed by atoms with Gasteiger partial charge in [0.25, 0.3) is 0 Å². The number of carbonyl (C=O) groups excluding carboxylic acids is 1. The van der Waals surface area contributed by atoms with Gasteiger partial charge in [0, 0.05) is 5.57 Å². The number of hydrogen-bond acceptors (Lipinski definition) is 5. The predicted octanol–water partition coefficient (Wildman–Crippen LogP) is 1.45. The number of nitrogens with two attached hydrogens (primary N) is 1. The highest BCUT2D eigenvalue weighted by Crippen LogP contribution is 2.13. The molecule has 8 nitrogen and oxygen atoms in total. The van der Waals surface area contributed by atoms with Crippen LogP contribution in [-0.4, -0.2) is 32.0 Å². The van der Waals surface area contributed by atoms with Gasteiger partial charge in [-0.05, 0) is 34.5 Å². The highest BCUT2D eigenvalue weighted by molar-refractivity contribution is 9.10. The number of rotatable bonds is 5. The molecule has 0 saturated carbocycles. The summed E-state index contributed by atoms with van der Waals surface area (Å²) in [5.41, 5.74) is 5.12. The van der Waals surface area contributed by atoms with Gasteiger partial charge in [-0.1, -0.05) is 6.07 Å². The zero-order valence-electron chi connectivity index (χ0n) is 12.1. The average Bonchev–Trinajstić information content (AvgIpc) is 2.86. The molecule has 0 atom stereocenters. The summed E-state index contributed by atoms with van der Waals surface area (Å²) in [6.07, 6.45) is 0.502. The lowest BCUT2D eigenvalue weighted by atomic mass is 10.3. The van der Waals surface area contributed by atoms with Gasteiger partial charge in [0.15, 0.2) is 0 Å². The number of amides is 1. The van der Waals surface area contributed by atoms with E-state index < -0.39 is 11.8 Å². The molecule has 2 aromatic rings. The Morgan fingerprint density at radius 2 is 2.26 bits per heavy atom. The van der Waals surface area contributed by atoms with E-state index in [1.165, 1.54) is 10.9 Å². The van der Waals surface area contributed by atoms with E-state index in [9.17, 15) is 14.0 Å². The molecule has 0 aliphatic rings. The molecule has 23 heavy (non-hydrogen) atoms. The first-order valence-electron chi connectivity index (χ1n) is 6.40. The Kier molecular flexibility index (Phi) is 5.27. The number of nitrogens with zero attached hydrogens (tertiary/aromatic N) is 4. The monoisotopic (exact) mass is 385 g/mol. The number of carbonyl (C=O) groups is 1. The number of aromatic nitrogens is 4. The van der Waals surface area contributed by atoms with Crippen molar-refractivity contribution in [2.75, 3.05) is 6.61 Å². The molecule has 122 valence electrons. The minimum absolute atomic E-state index is 0.0371. The van der Waals surface area contributed by atoms with E-state index in [2.05, 4.69) is 30.7 Å². The van der Waals surface area contributed by atoms with E-state index in [1.54, 1.807) is 19.1 Å². The van der Waals surface area contributed by atoms with Crippen molar-refractivity contribution < 1.29 is 13.9 Å². The Balaban J connectivity index is 2.27. The smallest absolute Gasteiger partial charge is 0.404 e. The van der Waals surface area contributed by atoms with Gasteiger partial charge >= 0.3 is 11.8 Å². The molecule has 2 N–H and O–H groups in total. The highest BCUT2D eigenvalue weighted by Gasteiger charge is 2.13. The summed E-state index contributed by atoms with van der Waals surface area (Å²) in [5.74, 6) is 0.412. The molecule has 0 aliphatic heterocycles. The Hall–Kier alpha value is -2.49. The third-order valence-electron chi connectivity index (χ3n) is 2.90. The summed E-state index contributed by atoms with van der Waals surface area (Å²) in [6.45, 7) is 1.26. The first-order valence-corrected chi connectivity index (χ1v) is 7.20. The van der Waals surface area contributed by atoms with Crippen LogP contribution in [0.3, 0.4) is 0 Å². The predicted molar refractivity (Wildman–Crippen MR) is 82.8 cm³/mol. The quantitative estimate of drug-likeness (QED) is 0.784. The van der Waals surface area contributed by atoms with Gasteiger partial charge in [0.1, 0.15) is 23.4 Å². The van der Waals surface area contributed by atoms with E-state index in [4.69, 9.17) is 5.73 Å². The summed E-state index contributed by atoms with van der Waals surface area (Å²) in [7, 11) is 0. The number of halogens is 2. The van der Waals surface area contributed by atoms with Gasteiger partial charge < -0.3 is 10.5 Å². The second-order valence-electron chi connectivity index (χ2n) is 4.59. The summed E-state index contributed by atoms with van der Waals surface area (Å²) in [5, 5.41) is 3.91.